The van der Waals surface area contributed by atoms with Crippen molar-refractivity contribution in [1.29, 1.82) is 0 Å². The van der Waals surface area contributed by atoms with E-state index in [0.717, 1.165) is 55.1 Å². The van der Waals surface area contributed by atoms with Gasteiger partial charge in [-0.25, -0.2) is 19.5 Å². The molecule has 1 fully saturated rings. The minimum absolute atomic E-state index is 0.378. The number of piperidine rings is 1. The molecule has 8 heteroatoms. The highest BCUT2D eigenvalue weighted by Gasteiger charge is 2.36. The SMILES string of the molecule is CC1=C(C)C(c2ccccc2)N(C(=O)NCCN(C)C2CCN(c3ccccn3)CC2)C(=O)N1. The van der Waals surface area contributed by atoms with Crippen LogP contribution in [0.1, 0.15) is 38.3 Å². The van der Waals surface area contributed by atoms with Crippen molar-refractivity contribution in [2.24, 2.45) is 0 Å². The second kappa shape index (κ2) is 10.7. The molecule has 1 saturated heterocycles. The molecule has 2 aliphatic rings. The third kappa shape index (κ3) is 5.22. The fourth-order valence-corrected chi connectivity index (χ4v) is 4.76. The van der Waals surface area contributed by atoms with Crippen molar-refractivity contribution in [2.45, 2.75) is 38.8 Å². The lowest BCUT2D eigenvalue weighted by atomic mass is 9.95. The van der Waals surface area contributed by atoms with Crippen LogP contribution < -0.4 is 15.5 Å². The molecule has 0 bridgehead atoms. The normalized spacial score (nSPS) is 19.4. The van der Waals surface area contributed by atoms with Crippen molar-refractivity contribution >= 4 is 17.9 Å². The second-order valence-electron chi connectivity index (χ2n) is 9.04. The number of nitrogens with zero attached hydrogens (tertiary/aromatic N) is 4. The highest BCUT2D eigenvalue weighted by molar-refractivity contribution is 5.96. The van der Waals surface area contributed by atoms with Gasteiger partial charge in [0, 0.05) is 44.1 Å². The van der Waals surface area contributed by atoms with Gasteiger partial charge in [-0.2, -0.15) is 0 Å². The van der Waals surface area contributed by atoms with Crippen LogP contribution in [0.25, 0.3) is 0 Å². The molecule has 4 amide bonds. The van der Waals surface area contributed by atoms with Gasteiger partial charge in [0.15, 0.2) is 0 Å². The standard InChI is InChI=1S/C26H34N6O2/c1-19-20(2)29-26(34)32(24(19)21-9-5-4-6-10-21)25(33)28-15-18-30(3)22-12-16-31(17-13-22)23-11-7-8-14-27-23/h4-11,14,22,24H,12-13,15-18H2,1-3H3,(H,28,33)(H,29,34). The summed E-state index contributed by atoms with van der Waals surface area (Å²) >= 11 is 0. The molecule has 1 aromatic carbocycles. The minimum atomic E-state index is -0.413. The number of amides is 4. The van der Waals surface area contributed by atoms with Crippen molar-refractivity contribution in [1.82, 2.24) is 25.4 Å². The summed E-state index contributed by atoms with van der Waals surface area (Å²) in [5.41, 5.74) is 2.67. The molecule has 0 spiro atoms. The number of hydrogen-bond acceptors (Lipinski definition) is 5. The lowest BCUT2D eigenvalue weighted by molar-refractivity contribution is 0.168. The number of carbonyl (C=O) groups excluding carboxylic acids is 2. The molecular formula is C26H34N6O2. The largest absolute Gasteiger partial charge is 0.357 e. The number of anilines is 1. The summed E-state index contributed by atoms with van der Waals surface area (Å²) < 4.78 is 0. The van der Waals surface area contributed by atoms with E-state index in [1.165, 1.54) is 4.90 Å². The number of imide groups is 1. The van der Waals surface area contributed by atoms with Gasteiger partial charge in [0.2, 0.25) is 0 Å². The van der Waals surface area contributed by atoms with Crippen LogP contribution in [0.3, 0.4) is 0 Å². The van der Waals surface area contributed by atoms with Crippen molar-refractivity contribution in [3.05, 3.63) is 71.6 Å². The first-order valence-electron chi connectivity index (χ1n) is 11.9. The number of likely N-dealkylation sites (N-methyl/N-ethyl adjacent to an activating group) is 1. The van der Waals surface area contributed by atoms with Gasteiger partial charge >= 0.3 is 12.1 Å². The molecule has 2 N–H and O–H groups in total. The fourth-order valence-electron chi connectivity index (χ4n) is 4.76. The lowest BCUT2D eigenvalue weighted by Crippen LogP contribution is -2.54. The molecule has 0 aliphatic carbocycles. The van der Waals surface area contributed by atoms with E-state index < -0.39 is 12.1 Å². The highest BCUT2D eigenvalue weighted by atomic mass is 16.2. The summed E-state index contributed by atoms with van der Waals surface area (Å²) in [6.07, 6.45) is 3.93. The molecular weight excluding hydrogens is 428 g/mol. The number of carbonyl (C=O) groups is 2. The molecule has 8 nitrogen and oxygen atoms in total. The third-order valence-corrected chi connectivity index (χ3v) is 6.91. The molecule has 4 rings (SSSR count). The minimum Gasteiger partial charge on any atom is -0.357 e. The predicted molar refractivity (Wildman–Crippen MR) is 133 cm³/mol. The Kier molecular flexibility index (Phi) is 7.47. The van der Waals surface area contributed by atoms with Gasteiger partial charge < -0.3 is 20.4 Å². The molecule has 2 aliphatic heterocycles. The summed E-state index contributed by atoms with van der Waals surface area (Å²) in [6, 6.07) is 15.0. The summed E-state index contributed by atoms with van der Waals surface area (Å²) in [6.45, 7) is 6.96. The Bertz CT molecular complexity index is 1020. The van der Waals surface area contributed by atoms with Crippen LogP contribution in [-0.4, -0.2) is 66.1 Å². The van der Waals surface area contributed by atoms with Crippen molar-refractivity contribution < 1.29 is 9.59 Å². The highest BCUT2D eigenvalue weighted by Crippen LogP contribution is 2.33. The van der Waals surface area contributed by atoms with E-state index in [1.807, 2.05) is 62.5 Å². The molecule has 1 atom stereocenters. The van der Waals surface area contributed by atoms with E-state index >= 15 is 0 Å². The van der Waals surface area contributed by atoms with Gasteiger partial charge in [-0.15, -0.1) is 0 Å². The zero-order valence-corrected chi connectivity index (χ0v) is 20.2. The number of pyridine rings is 1. The first-order valence-corrected chi connectivity index (χ1v) is 11.9. The third-order valence-electron chi connectivity index (χ3n) is 6.91. The van der Waals surface area contributed by atoms with Crippen LogP contribution in [0.2, 0.25) is 0 Å². The maximum Gasteiger partial charge on any atom is 0.330 e. The zero-order valence-electron chi connectivity index (χ0n) is 20.2. The van der Waals surface area contributed by atoms with Crippen LogP contribution in [0.4, 0.5) is 15.4 Å². The monoisotopic (exact) mass is 462 g/mol. The Morgan fingerprint density at radius 1 is 1.12 bits per heavy atom. The topological polar surface area (TPSA) is 80.8 Å². The Balaban J connectivity index is 1.31. The van der Waals surface area contributed by atoms with Crippen LogP contribution in [0.5, 0.6) is 0 Å². The van der Waals surface area contributed by atoms with Gasteiger partial charge in [0.1, 0.15) is 5.82 Å². The van der Waals surface area contributed by atoms with Crippen molar-refractivity contribution in [2.75, 3.05) is 38.1 Å². The van der Waals surface area contributed by atoms with Gasteiger partial charge in [-0.1, -0.05) is 36.4 Å². The number of urea groups is 2. The zero-order chi connectivity index (χ0) is 24.1. The molecule has 180 valence electrons. The maximum atomic E-state index is 13.1. The van der Waals surface area contributed by atoms with Gasteiger partial charge in [-0.3, -0.25) is 0 Å². The van der Waals surface area contributed by atoms with E-state index in [-0.39, 0.29) is 6.03 Å². The predicted octanol–water partition coefficient (Wildman–Crippen LogP) is 3.75. The van der Waals surface area contributed by atoms with Crippen molar-refractivity contribution in [3.8, 4) is 0 Å². The Labute approximate surface area is 201 Å². The van der Waals surface area contributed by atoms with Crippen LogP contribution in [0.15, 0.2) is 66.0 Å². The fraction of sp³-hybridized carbons (Fsp3) is 0.423. The molecule has 1 aromatic heterocycles. The smallest absolute Gasteiger partial charge is 0.330 e. The molecule has 2 aromatic rings. The molecule has 3 heterocycles. The number of aromatic nitrogens is 1. The quantitative estimate of drug-likeness (QED) is 0.683. The van der Waals surface area contributed by atoms with Gasteiger partial charge in [0.25, 0.3) is 0 Å². The molecule has 1 unspecified atom stereocenters. The van der Waals surface area contributed by atoms with Crippen LogP contribution in [0, 0.1) is 0 Å². The lowest BCUT2D eigenvalue weighted by Gasteiger charge is -2.38. The number of rotatable bonds is 6. The molecule has 0 saturated carbocycles. The number of benzene rings is 1. The Hall–Kier alpha value is -3.39. The summed E-state index contributed by atoms with van der Waals surface area (Å²) in [5, 5.41) is 5.78. The van der Waals surface area contributed by atoms with E-state index in [1.54, 1.807) is 0 Å². The number of allylic oxidation sites excluding steroid dienone is 1. The molecule has 0 radical (unpaired) electrons. The van der Waals surface area contributed by atoms with E-state index in [9.17, 15) is 9.59 Å². The van der Waals surface area contributed by atoms with Crippen molar-refractivity contribution in [3.63, 3.8) is 0 Å². The summed E-state index contributed by atoms with van der Waals surface area (Å²) in [5.74, 6) is 1.03. The maximum absolute atomic E-state index is 13.1. The summed E-state index contributed by atoms with van der Waals surface area (Å²) in [4.78, 5) is 36.2. The van der Waals surface area contributed by atoms with E-state index in [2.05, 4.69) is 38.5 Å². The molecule has 34 heavy (non-hydrogen) atoms. The Morgan fingerprint density at radius 3 is 2.50 bits per heavy atom. The number of nitrogens with one attached hydrogen (secondary N) is 2. The van der Waals surface area contributed by atoms with Crippen LogP contribution in [-0.2, 0) is 0 Å². The van der Waals surface area contributed by atoms with Gasteiger partial charge in [-0.05, 0) is 57.0 Å². The Morgan fingerprint density at radius 2 is 1.82 bits per heavy atom. The average molecular weight is 463 g/mol. The van der Waals surface area contributed by atoms with Gasteiger partial charge in [0.05, 0.1) is 6.04 Å². The van der Waals surface area contributed by atoms with E-state index in [4.69, 9.17) is 0 Å². The second-order valence-corrected chi connectivity index (χ2v) is 9.04. The van der Waals surface area contributed by atoms with E-state index in [0.29, 0.717) is 12.6 Å². The first kappa shape index (κ1) is 23.8. The average Bonchev–Trinajstić information content (AvgIpc) is 2.87. The summed E-state index contributed by atoms with van der Waals surface area (Å²) in [7, 11) is 2.10. The van der Waals surface area contributed by atoms with Crippen LogP contribution >= 0.6 is 0 Å². The first-order chi connectivity index (χ1) is 16.5. The number of hydrogen-bond donors (Lipinski definition) is 2.